The van der Waals surface area contributed by atoms with Crippen molar-refractivity contribution in [1.29, 1.82) is 0 Å². The van der Waals surface area contributed by atoms with Gasteiger partial charge in [-0.25, -0.2) is 0 Å². The Balaban J connectivity index is 0. The van der Waals surface area contributed by atoms with Crippen LogP contribution >= 0.6 is 0 Å². The maximum Gasteiger partial charge on any atom is -0.171 e. The molecule has 0 N–H and O–H groups in total. The number of hydrogen-bond acceptors (Lipinski definition) is 0. The molecule has 0 atom stereocenters. The standard InChI is InChI=1S/2C16H21.C6H5.2C4H9.CH3.Si.Ti/c2*1-10(2)13-8-14-6-12(5)7-16(14)15(9-13)11(3)4;1-2-4-6-5-3-1;2*1-3-4-2;;;/h2*6-11H,1-5H3;1-5H;2*1,3-4H2,2H3;1H3;;/q6*-1;;. The molecule has 0 saturated carbocycles. The first kappa shape index (κ1) is 48.9. The second kappa shape index (κ2) is 27.5. The molecule has 0 heterocycles. The topological polar surface area (TPSA) is 0 Å². The van der Waals surface area contributed by atoms with Crippen LogP contribution in [0.4, 0.5) is 0 Å². The molecule has 5 aromatic carbocycles. The number of unbranched alkanes of at least 4 members (excludes halogenated alkanes) is 2. The van der Waals surface area contributed by atoms with E-state index in [1.165, 1.54) is 67.8 Å². The first-order valence-corrected chi connectivity index (χ1v) is 20.8. The van der Waals surface area contributed by atoms with Gasteiger partial charge < -0.3 is 21.3 Å². The van der Waals surface area contributed by atoms with Crippen molar-refractivity contribution >= 4 is 29.2 Å². The molecule has 0 amide bonds. The van der Waals surface area contributed by atoms with E-state index in [-0.39, 0.29) is 7.43 Å². The Labute approximate surface area is 318 Å². The molecule has 0 aliphatic heterocycles. The van der Waals surface area contributed by atoms with Crippen LogP contribution in [0.1, 0.15) is 152 Å². The Morgan fingerprint density at radius 3 is 1.12 bits per heavy atom. The molecule has 270 valence electrons. The number of benzene rings is 3. The van der Waals surface area contributed by atoms with Crippen LogP contribution in [0, 0.1) is 41.2 Å². The number of aryl methyl sites for hydroxylation is 2. The number of hydrogen-bond donors (Lipinski definition) is 0. The van der Waals surface area contributed by atoms with Gasteiger partial charge in [-0.05, 0) is 23.7 Å². The van der Waals surface area contributed by atoms with Crippen molar-refractivity contribution in [1.82, 2.24) is 0 Å². The minimum absolute atomic E-state index is 0. The summed E-state index contributed by atoms with van der Waals surface area (Å²) >= 11 is 1.81. The SMILES string of the molecule is Cc1cc2c(C(C)C)cc(C(C)C)cc2[cH-]1.Cc1cc2c(C(C)C)cc(C(C)C)cc2[cH-]1.[CH2-]CCC.[CH2-]CCC.[CH3-].[Si]=[Ti].[c-]1ccccc1. The van der Waals surface area contributed by atoms with E-state index in [9.17, 15) is 0 Å². The third-order valence-corrected chi connectivity index (χ3v) is 7.93. The van der Waals surface area contributed by atoms with Crippen molar-refractivity contribution in [2.45, 2.75) is 132 Å². The van der Waals surface area contributed by atoms with Crippen molar-refractivity contribution in [3.8, 4) is 0 Å². The van der Waals surface area contributed by atoms with Crippen molar-refractivity contribution < 1.29 is 19.2 Å². The molecular formula is C47H68SiTi-6. The van der Waals surface area contributed by atoms with Crippen molar-refractivity contribution in [2.75, 3.05) is 0 Å². The zero-order valence-corrected chi connectivity index (χ0v) is 36.1. The molecule has 0 unspecified atom stereocenters. The van der Waals surface area contributed by atoms with E-state index in [2.05, 4.69) is 159 Å². The molecule has 0 saturated heterocycles. The summed E-state index contributed by atoms with van der Waals surface area (Å²) in [5, 5.41) is 5.70. The van der Waals surface area contributed by atoms with Crippen LogP contribution in [0.25, 0.3) is 21.5 Å². The van der Waals surface area contributed by atoms with Crippen LogP contribution in [0.5, 0.6) is 0 Å². The second-order valence-corrected chi connectivity index (χ2v) is 13.7. The Hall–Kier alpha value is -2.19. The van der Waals surface area contributed by atoms with Gasteiger partial charge in [-0.3, -0.25) is 0 Å². The maximum atomic E-state index is 3.60. The number of fused-ring (bicyclic) bond motifs is 2. The molecule has 0 fully saturated rings. The number of rotatable bonds is 6. The van der Waals surface area contributed by atoms with Gasteiger partial charge in [0.15, 0.2) is 0 Å². The van der Waals surface area contributed by atoms with Gasteiger partial charge in [0.05, 0.1) is 0 Å². The van der Waals surface area contributed by atoms with Crippen LogP contribution in [-0.4, -0.2) is 7.63 Å². The summed E-state index contributed by atoms with van der Waals surface area (Å²) in [7, 11) is 2.97. The third-order valence-electron chi connectivity index (χ3n) is 7.93. The van der Waals surface area contributed by atoms with E-state index in [0.29, 0.717) is 23.7 Å². The van der Waals surface area contributed by atoms with Gasteiger partial charge in [-0.2, -0.15) is 61.4 Å². The minimum atomic E-state index is 0. The van der Waals surface area contributed by atoms with E-state index in [1.54, 1.807) is 19.2 Å². The van der Waals surface area contributed by atoms with Crippen LogP contribution in [0.15, 0.2) is 78.9 Å². The zero-order chi connectivity index (χ0) is 36.8. The van der Waals surface area contributed by atoms with Gasteiger partial charge in [-0.1, -0.05) is 130 Å². The Morgan fingerprint density at radius 2 is 0.918 bits per heavy atom. The Kier molecular flexibility index (Phi) is 27.5. The second-order valence-electron chi connectivity index (χ2n) is 13.7. The quantitative estimate of drug-likeness (QED) is 0.122. The molecule has 0 aliphatic carbocycles. The van der Waals surface area contributed by atoms with E-state index >= 15 is 0 Å². The summed E-state index contributed by atoms with van der Waals surface area (Å²) in [6.07, 6.45) is 4.56. The molecule has 0 aliphatic rings. The smallest absolute Gasteiger partial charge is 0.171 e. The van der Waals surface area contributed by atoms with Gasteiger partial charge in [0.2, 0.25) is 0 Å². The van der Waals surface area contributed by atoms with Crippen molar-refractivity contribution in [3.05, 3.63) is 140 Å². The van der Waals surface area contributed by atoms with E-state index in [1.807, 2.05) is 30.3 Å². The Morgan fingerprint density at radius 1 is 0.592 bits per heavy atom. The maximum absolute atomic E-state index is 3.60. The molecule has 5 aromatic rings. The molecule has 49 heavy (non-hydrogen) atoms. The van der Waals surface area contributed by atoms with E-state index in [0.717, 1.165) is 12.8 Å². The molecule has 0 aromatic heterocycles. The zero-order valence-electron chi connectivity index (χ0n) is 33.6. The average molecular weight is 709 g/mol. The molecule has 2 heteroatoms. The average Bonchev–Trinajstić information content (AvgIpc) is 3.66. The molecule has 5 rings (SSSR count). The Bertz CT molecular complexity index is 1380. The molecule has 0 spiro atoms. The predicted octanol–water partition coefficient (Wildman–Crippen LogP) is 15.0. The fourth-order valence-electron chi connectivity index (χ4n) is 5.01. The third kappa shape index (κ3) is 18.0. The van der Waals surface area contributed by atoms with Gasteiger partial charge in [0, 0.05) is 0 Å². The summed E-state index contributed by atoms with van der Waals surface area (Å²) < 4.78 is 0. The van der Waals surface area contributed by atoms with Gasteiger partial charge in [-0.15, -0.1) is 56.9 Å². The molecule has 0 bridgehead atoms. The summed E-state index contributed by atoms with van der Waals surface area (Å²) in [6.45, 7) is 34.0. The van der Waals surface area contributed by atoms with E-state index in [4.69, 9.17) is 0 Å². The molecule has 0 nitrogen and oxygen atoms in total. The summed E-state index contributed by atoms with van der Waals surface area (Å²) in [6, 6.07) is 31.2. The van der Waals surface area contributed by atoms with Gasteiger partial charge in [0.1, 0.15) is 0 Å². The first-order valence-electron chi connectivity index (χ1n) is 18.0. The van der Waals surface area contributed by atoms with E-state index < -0.39 is 0 Å². The van der Waals surface area contributed by atoms with Crippen molar-refractivity contribution in [3.63, 3.8) is 0 Å². The molecule has 2 radical (unpaired) electrons. The normalized spacial score (nSPS) is 10.1. The van der Waals surface area contributed by atoms with Crippen LogP contribution < -0.4 is 0 Å². The summed E-state index contributed by atoms with van der Waals surface area (Å²) in [4.78, 5) is 0. The van der Waals surface area contributed by atoms with Crippen LogP contribution in [0.2, 0.25) is 0 Å². The minimum Gasteiger partial charge on any atom is -0.184 e. The van der Waals surface area contributed by atoms with Crippen LogP contribution in [0.3, 0.4) is 0 Å². The first-order chi connectivity index (χ1) is 22.8. The van der Waals surface area contributed by atoms with Gasteiger partial charge in [0.25, 0.3) is 0 Å². The fourth-order valence-corrected chi connectivity index (χ4v) is 5.01. The molecular weight excluding hydrogens is 640 g/mol. The monoisotopic (exact) mass is 708 g/mol. The van der Waals surface area contributed by atoms with Crippen LogP contribution in [-0.2, 0) is 19.2 Å². The summed E-state index contributed by atoms with van der Waals surface area (Å²) in [5.74, 6) is 2.42. The van der Waals surface area contributed by atoms with Crippen molar-refractivity contribution in [2.24, 2.45) is 0 Å². The van der Waals surface area contributed by atoms with Gasteiger partial charge >= 0.3 is 26.8 Å². The predicted molar refractivity (Wildman–Crippen MR) is 223 cm³/mol. The largest absolute Gasteiger partial charge is 0.184 e. The fraction of sp³-hybridized carbons (Fsp3) is 0.426. The summed E-state index contributed by atoms with van der Waals surface area (Å²) in [5.41, 5.74) is 8.66.